The summed E-state index contributed by atoms with van der Waals surface area (Å²) < 4.78 is 15.5. The molecule has 0 saturated carbocycles. The first-order valence-corrected chi connectivity index (χ1v) is 10.2. The highest BCUT2D eigenvalue weighted by molar-refractivity contribution is 6.39. The van der Waals surface area contributed by atoms with Crippen LogP contribution in [0.4, 0.5) is 10.5 Å². The molecule has 0 spiro atoms. The van der Waals surface area contributed by atoms with Gasteiger partial charge in [0.05, 0.1) is 19.4 Å². The van der Waals surface area contributed by atoms with Gasteiger partial charge >= 0.3 is 12.0 Å². The van der Waals surface area contributed by atoms with Gasteiger partial charge in [-0.2, -0.15) is 0 Å². The second-order valence-electron chi connectivity index (χ2n) is 7.23. The summed E-state index contributed by atoms with van der Waals surface area (Å²) in [7, 11) is 1.25. The predicted octanol–water partition coefficient (Wildman–Crippen LogP) is 2.92. The first-order chi connectivity index (χ1) is 15.7. The van der Waals surface area contributed by atoms with Crippen molar-refractivity contribution in [3.05, 3.63) is 58.7 Å². The third-order valence-electron chi connectivity index (χ3n) is 5.00. The van der Waals surface area contributed by atoms with Gasteiger partial charge in [-0.05, 0) is 67.8 Å². The Morgan fingerprint density at radius 3 is 2.42 bits per heavy atom. The van der Waals surface area contributed by atoms with Crippen LogP contribution in [0.3, 0.4) is 0 Å². The summed E-state index contributed by atoms with van der Waals surface area (Å²) >= 11 is 0. The van der Waals surface area contributed by atoms with Gasteiger partial charge in [0.25, 0.3) is 11.8 Å². The lowest BCUT2D eigenvalue weighted by Gasteiger charge is -2.27. The van der Waals surface area contributed by atoms with E-state index in [1.165, 1.54) is 13.2 Å². The Labute approximate surface area is 190 Å². The number of methoxy groups -OCH3 is 1. The lowest BCUT2D eigenvalue weighted by molar-refractivity contribution is -0.143. The van der Waals surface area contributed by atoms with Crippen LogP contribution in [0.1, 0.15) is 23.6 Å². The lowest BCUT2D eigenvalue weighted by Crippen LogP contribution is -2.54. The molecule has 172 valence electrons. The average molecular weight is 452 g/mol. The molecule has 0 unspecified atom stereocenters. The Morgan fingerprint density at radius 1 is 1.00 bits per heavy atom. The minimum atomic E-state index is -0.813. The molecular weight excluding hydrogens is 428 g/mol. The van der Waals surface area contributed by atoms with E-state index in [2.05, 4.69) is 10.1 Å². The summed E-state index contributed by atoms with van der Waals surface area (Å²) in [6, 6.07) is 9.06. The molecule has 33 heavy (non-hydrogen) atoms. The molecule has 1 aliphatic heterocycles. The molecule has 1 fully saturated rings. The van der Waals surface area contributed by atoms with Gasteiger partial charge in [0.15, 0.2) is 18.1 Å². The second-order valence-corrected chi connectivity index (χ2v) is 7.23. The fraction of sp³-hybridized carbons (Fsp3) is 0.250. The standard InChI is InChI=1S/C24H24N2O7/c1-5-32-20-12-16(7-9-19(20)33-13-21(27)31-4)11-18-22(28)25-24(30)26(23(18)29)17-8-6-14(2)15(3)10-17/h6-12H,5,13H2,1-4H3,(H,25,28,30)/b18-11+. The Balaban J connectivity index is 1.94. The molecule has 0 radical (unpaired) electrons. The number of hydrogen-bond donors (Lipinski definition) is 1. The van der Waals surface area contributed by atoms with E-state index in [-0.39, 0.29) is 12.2 Å². The SMILES string of the molecule is CCOc1cc(/C=C2\C(=O)NC(=O)N(c3ccc(C)c(C)c3)C2=O)ccc1OCC(=O)OC. The maximum Gasteiger partial charge on any atom is 0.343 e. The van der Waals surface area contributed by atoms with Gasteiger partial charge in [-0.3, -0.25) is 14.9 Å². The number of imide groups is 2. The molecule has 1 aliphatic rings. The highest BCUT2D eigenvalue weighted by atomic mass is 16.6. The number of barbiturate groups is 1. The molecule has 2 aromatic carbocycles. The van der Waals surface area contributed by atoms with E-state index in [1.807, 2.05) is 13.8 Å². The van der Waals surface area contributed by atoms with Crippen LogP contribution in [-0.2, 0) is 19.1 Å². The van der Waals surface area contributed by atoms with Crippen molar-refractivity contribution < 1.29 is 33.4 Å². The molecule has 3 rings (SSSR count). The van der Waals surface area contributed by atoms with Crippen LogP contribution in [0, 0.1) is 13.8 Å². The van der Waals surface area contributed by atoms with Crippen molar-refractivity contribution >= 4 is 35.6 Å². The Kier molecular flexibility index (Phi) is 7.12. The summed E-state index contributed by atoms with van der Waals surface area (Å²) in [5, 5.41) is 2.20. The van der Waals surface area contributed by atoms with Crippen LogP contribution < -0.4 is 19.7 Å². The van der Waals surface area contributed by atoms with Crippen LogP contribution in [0.2, 0.25) is 0 Å². The number of carbonyl (C=O) groups is 4. The van der Waals surface area contributed by atoms with E-state index in [4.69, 9.17) is 9.47 Å². The van der Waals surface area contributed by atoms with Crippen LogP contribution >= 0.6 is 0 Å². The molecule has 9 heteroatoms. The molecule has 9 nitrogen and oxygen atoms in total. The predicted molar refractivity (Wildman–Crippen MR) is 120 cm³/mol. The van der Waals surface area contributed by atoms with Gasteiger partial charge in [-0.1, -0.05) is 12.1 Å². The topological polar surface area (TPSA) is 111 Å². The zero-order valence-corrected chi connectivity index (χ0v) is 18.8. The Bertz CT molecular complexity index is 1150. The van der Waals surface area contributed by atoms with E-state index in [1.54, 1.807) is 43.3 Å². The normalized spacial score (nSPS) is 14.8. The number of rotatable bonds is 7. The highest BCUT2D eigenvalue weighted by Gasteiger charge is 2.37. The van der Waals surface area contributed by atoms with Crippen molar-refractivity contribution in [1.29, 1.82) is 0 Å². The minimum Gasteiger partial charge on any atom is -0.490 e. The minimum absolute atomic E-state index is 0.210. The van der Waals surface area contributed by atoms with Crippen LogP contribution in [0.15, 0.2) is 42.0 Å². The smallest absolute Gasteiger partial charge is 0.343 e. The van der Waals surface area contributed by atoms with E-state index in [0.29, 0.717) is 29.4 Å². The third-order valence-corrected chi connectivity index (χ3v) is 5.00. The van der Waals surface area contributed by atoms with Crippen molar-refractivity contribution in [3.63, 3.8) is 0 Å². The van der Waals surface area contributed by atoms with Crippen molar-refractivity contribution in [1.82, 2.24) is 5.32 Å². The largest absolute Gasteiger partial charge is 0.490 e. The lowest BCUT2D eigenvalue weighted by atomic mass is 10.0. The first kappa shape index (κ1) is 23.5. The molecule has 4 amide bonds. The molecular formula is C24H24N2O7. The van der Waals surface area contributed by atoms with E-state index >= 15 is 0 Å². The molecule has 0 atom stereocenters. The van der Waals surface area contributed by atoms with Gasteiger partial charge in [-0.25, -0.2) is 14.5 Å². The third kappa shape index (κ3) is 5.20. The number of urea groups is 1. The molecule has 1 N–H and O–H groups in total. The fourth-order valence-electron chi connectivity index (χ4n) is 3.12. The number of aryl methyl sites for hydroxylation is 2. The van der Waals surface area contributed by atoms with Crippen molar-refractivity contribution in [2.75, 3.05) is 25.2 Å². The van der Waals surface area contributed by atoms with Gasteiger partial charge in [0, 0.05) is 0 Å². The van der Waals surface area contributed by atoms with Crippen molar-refractivity contribution in [3.8, 4) is 11.5 Å². The van der Waals surface area contributed by atoms with E-state index in [9.17, 15) is 19.2 Å². The molecule has 1 saturated heterocycles. The quantitative estimate of drug-likeness (QED) is 0.391. The maximum atomic E-state index is 13.1. The number of nitrogens with zero attached hydrogens (tertiary/aromatic N) is 1. The molecule has 0 aromatic heterocycles. The number of ether oxygens (including phenoxy) is 3. The Hall–Kier alpha value is -4.14. The van der Waals surface area contributed by atoms with Gasteiger partial charge < -0.3 is 14.2 Å². The van der Waals surface area contributed by atoms with Crippen LogP contribution in [0.5, 0.6) is 11.5 Å². The van der Waals surface area contributed by atoms with Gasteiger partial charge in [-0.15, -0.1) is 0 Å². The van der Waals surface area contributed by atoms with Crippen LogP contribution in [0.25, 0.3) is 6.08 Å². The highest BCUT2D eigenvalue weighted by Crippen LogP contribution is 2.30. The number of benzene rings is 2. The fourth-order valence-corrected chi connectivity index (χ4v) is 3.12. The molecule has 0 bridgehead atoms. The second kappa shape index (κ2) is 9.99. The molecule has 2 aromatic rings. The monoisotopic (exact) mass is 452 g/mol. The number of carbonyl (C=O) groups excluding carboxylic acids is 4. The van der Waals surface area contributed by atoms with Crippen molar-refractivity contribution in [2.45, 2.75) is 20.8 Å². The van der Waals surface area contributed by atoms with Crippen molar-refractivity contribution in [2.24, 2.45) is 0 Å². The van der Waals surface area contributed by atoms with Crippen LogP contribution in [-0.4, -0.2) is 44.1 Å². The molecule has 0 aliphatic carbocycles. The van der Waals surface area contributed by atoms with E-state index in [0.717, 1.165) is 16.0 Å². The summed E-state index contributed by atoms with van der Waals surface area (Å²) in [6.07, 6.45) is 1.37. The van der Waals surface area contributed by atoms with Gasteiger partial charge in [0.2, 0.25) is 0 Å². The Morgan fingerprint density at radius 2 is 1.76 bits per heavy atom. The van der Waals surface area contributed by atoms with E-state index < -0.39 is 23.8 Å². The number of nitrogens with one attached hydrogen (secondary N) is 1. The number of amides is 4. The first-order valence-electron chi connectivity index (χ1n) is 10.2. The summed E-state index contributed by atoms with van der Waals surface area (Å²) in [5.41, 5.74) is 2.53. The number of anilines is 1. The molecule has 1 heterocycles. The summed E-state index contributed by atoms with van der Waals surface area (Å²) in [4.78, 5) is 50.3. The number of hydrogen-bond acceptors (Lipinski definition) is 7. The zero-order valence-electron chi connectivity index (χ0n) is 18.8. The summed E-state index contributed by atoms with van der Waals surface area (Å²) in [6.45, 7) is 5.58. The number of esters is 1. The summed E-state index contributed by atoms with van der Waals surface area (Å²) in [5.74, 6) is -1.47. The average Bonchev–Trinajstić information content (AvgIpc) is 2.78. The maximum absolute atomic E-state index is 13.1. The van der Waals surface area contributed by atoms with Gasteiger partial charge in [0.1, 0.15) is 5.57 Å². The zero-order chi connectivity index (χ0) is 24.1.